The molecule has 0 aliphatic carbocycles. The molecule has 0 N–H and O–H groups in total. The second kappa shape index (κ2) is 6.21. The van der Waals surface area contributed by atoms with Gasteiger partial charge in [0.25, 0.3) is 0 Å². The highest BCUT2D eigenvalue weighted by atomic mass is 32.1. The number of thiazole rings is 1. The number of nitrogens with zero attached hydrogens (tertiary/aromatic N) is 2. The number of hydrogen-bond donors (Lipinski definition) is 0. The lowest BCUT2D eigenvalue weighted by Crippen LogP contribution is -1.95. The maximum absolute atomic E-state index is 8.70. The van der Waals surface area contributed by atoms with E-state index in [0.29, 0.717) is 13.0 Å². The molecule has 0 radical (unpaired) electrons. The van der Waals surface area contributed by atoms with Crippen molar-refractivity contribution >= 4 is 11.3 Å². The van der Waals surface area contributed by atoms with Crippen LogP contribution in [0.4, 0.5) is 0 Å². The summed E-state index contributed by atoms with van der Waals surface area (Å²) in [7, 11) is 1.62. The predicted molar refractivity (Wildman–Crippen MR) is 73.5 cm³/mol. The Morgan fingerprint density at radius 3 is 2.89 bits per heavy atom. The van der Waals surface area contributed by atoms with E-state index in [1.165, 1.54) is 11.3 Å². The van der Waals surface area contributed by atoms with E-state index in [9.17, 15) is 0 Å². The average molecular weight is 274 g/mol. The molecule has 0 unspecified atom stereocenters. The second-order valence-corrected chi connectivity index (χ2v) is 5.09. The lowest BCUT2D eigenvalue weighted by Gasteiger charge is -2.05. The van der Waals surface area contributed by atoms with Crippen molar-refractivity contribution in [2.45, 2.75) is 20.0 Å². The fourth-order valence-electron chi connectivity index (χ4n) is 1.62. The smallest absolute Gasteiger partial charge is 0.140 e. The van der Waals surface area contributed by atoms with E-state index in [1.54, 1.807) is 7.11 Å². The van der Waals surface area contributed by atoms with Crippen LogP contribution in [0.1, 0.15) is 15.6 Å². The van der Waals surface area contributed by atoms with Crippen molar-refractivity contribution in [1.29, 1.82) is 5.26 Å². The van der Waals surface area contributed by atoms with Crippen LogP contribution in [-0.4, -0.2) is 12.1 Å². The van der Waals surface area contributed by atoms with Gasteiger partial charge in [-0.1, -0.05) is 6.07 Å². The summed E-state index contributed by atoms with van der Waals surface area (Å²) in [5.41, 5.74) is 0.913. The summed E-state index contributed by atoms with van der Waals surface area (Å²) in [4.78, 5) is 5.40. The molecule has 0 bridgehead atoms. The number of methoxy groups -OCH3 is 1. The molecule has 0 saturated heterocycles. The molecular weight excluding hydrogens is 260 g/mol. The van der Waals surface area contributed by atoms with Gasteiger partial charge in [-0.2, -0.15) is 5.26 Å². The number of ether oxygens (including phenoxy) is 2. The van der Waals surface area contributed by atoms with Crippen molar-refractivity contribution in [2.75, 3.05) is 7.11 Å². The van der Waals surface area contributed by atoms with Gasteiger partial charge in [0.15, 0.2) is 0 Å². The summed E-state index contributed by atoms with van der Waals surface area (Å²) >= 11 is 1.52. The maximum Gasteiger partial charge on any atom is 0.140 e. The van der Waals surface area contributed by atoms with Crippen LogP contribution in [0.2, 0.25) is 0 Å². The van der Waals surface area contributed by atoms with Gasteiger partial charge in [0.2, 0.25) is 0 Å². The van der Waals surface area contributed by atoms with Gasteiger partial charge in [-0.25, -0.2) is 4.98 Å². The second-order valence-electron chi connectivity index (χ2n) is 3.92. The van der Waals surface area contributed by atoms with Gasteiger partial charge in [-0.15, -0.1) is 11.3 Å². The van der Waals surface area contributed by atoms with Crippen molar-refractivity contribution in [3.8, 4) is 17.6 Å². The molecule has 1 aromatic carbocycles. The topological polar surface area (TPSA) is 55.1 Å². The molecular formula is C14H14N2O2S. The highest BCUT2D eigenvalue weighted by molar-refractivity contribution is 7.11. The molecule has 2 rings (SSSR count). The molecule has 0 spiro atoms. The van der Waals surface area contributed by atoms with E-state index in [4.69, 9.17) is 14.7 Å². The molecule has 0 aliphatic rings. The number of aryl methyl sites for hydroxylation is 1. The molecule has 1 heterocycles. The SMILES string of the molecule is COc1cccc(OCc2nc(C)c(CC#N)s2)c1. The molecule has 0 saturated carbocycles. The van der Waals surface area contributed by atoms with Gasteiger partial charge in [0.1, 0.15) is 23.1 Å². The predicted octanol–water partition coefficient (Wildman–Crippen LogP) is 3.11. The molecule has 19 heavy (non-hydrogen) atoms. The maximum atomic E-state index is 8.70. The Morgan fingerprint density at radius 2 is 2.16 bits per heavy atom. The number of benzene rings is 1. The molecule has 98 valence electrons. The summed E-state index contributed by atoms with van der Waals surface area (Å²) in [6, 6.07) is 9.59. The Morgan fingerprint density at radius 1 is 1.37 bits per heavy atom. The van der Waals surface area contributed by atoms with Crippen LogP contribution in [0, 0.1) is 18.3 Å². The highest BCUT2D eigenvalue weighted by Gasteiger charge is 2.08. The third kappa shape index (κ3) is 3.46. The van der Waals surface area contributed by atoms with Crippen LogP contribution in [0.5, 0.6) is 11.5 Å². The summed E-state index contributed by atoms with van der Waals surface area (Å²) in [6.07, 6.45) is 0.405. The molecule has 4 nitrogen and oxygen atoms in total. The normalized spacial score (nSPS) is 9.95. The third-order valence-electron chi connectivity index (χ3n) is 2.58. The lowest BCUT2D eigenvalue weighted by molar-refractivity contribution is 0.303. The zero-order valence-corrected chi connectivity index (χ0v) is 11.7. The third-order valence-corrected chi connectivity index (χ3v) is 3.71. The standard InChI is InChI=1S/C14H14N2O2S/c1-10-13(6-7-15)19-14(16-10)9-18-12-5-3-4-11(8-12)17-2/h3-5,8H,6,9H2,1-2H3. The van der Waals surface area contributed by atoms with Gasteiger partial charge in [-0.3, -0.25) is 0 Å². The highest BCUT2D eigenvalue weighted by Crippen LogP contribution is 2.22. The van der Waals surface area contributed by atoms with Crippen LogP contribution in [-0.2, 0) is 13.0 Å². The van der Waals surface area contributed by atoms with Crippen molar-refractivity contribution < 1.29 is 9.47 Å². The van der Waals surface area contributed by atoms with Gasteiger partial charge in [0, 0.05) is 10.9 Å². The van der Waals surface area contributed by atoms with E-state index in [1.807, 2.05) is 31.2 Å². The zero-order chi connectivity index (χ0) is 13.7. The first kappa shape index (κ1) is 13.4. The molecule has 1 aromatic heterocycles. The van der Waals surface area contributed by atoms with Gasteiger partial charge in [0.05, 0.1) is 25.3 Å². The molecule has 5 heteroatoms. The molecule has 0 aliphatic heterocycles. The van der Waals surface area contributed by atoms with Gasteiger partial charge in [-0.05, 0) is 19.1 Å². The first-order chi connectivity index (χ1) is 9.22. The summed E-state index contributed by atoms with van der Waals surface area (Å²) < 4.78 is 10.8. The van der Waals surface area contributed by atoms with Crippen LogP contribution in [0.15, 0.2) is 24.3 Å². The molecule has 0 amide bonds. The number of aromatic nitrogens is 1. The minimum absolute atomic E-state index is 0.405. The molecule has 0 atom stereocenters. The van der Waals surface area contributed by atoms with E-state index < -0.39 is 0 Å². The number of rotatable bonds is 5. The van der Waals surface area contributed by atoms with Crippen molar-refractivity contribution in [1.82, 2.24) is 4.98 Å². The lowest BCUT2D eigenvalue weighted by atomic mass is 10.3. The van der Waals surface area contributed by atoms with E-state index >= 15 is 0 Å². The quantitative estimate of drug-likeness (QED) is 0.840. The summed E-state index contributed by atoms with van der Waals surface area (Å²) in [6.45, 7) is 2.32. The van der Waals surface area contributed by atoms with Crippen LogP contribution < -0.4 is 9.47 Å². The Labute approximate surface area is 116 Å². The summed E-state index contributed by atoms with van der Waals surface area (Å²) in [5.74, 6) is 1.51. The minimum atomic E-state index is 0.405. The van der Waals surface area contributed by atoms with E-state index in [-0.39, 0.29) is 0 Å². The Hall–Kier alpha value is -2.06. The molecule has 0 fully saturated rings. The van der Waals surface area contributed by atoms with Crippen molar-refractivity contribution in [2.24, 2.45) is 0 Å². The Kier molecular flexibility index (Phi) is 4.37. The first-order valence-electron chi connectivity index (χ1n) is 5.82. The number of hydrogen-bond acceptors (Lipinski definition) is 5. The van der Waals surface area contributed by atoms with Crippen LogP contribution >= 0.6 is 11.3 Å². The monoisotopic (exact) mass is 274 g/mol. The van der Waals surface area contributed by atoms with Gasteiger partial charge < -0.3 is 9.47 Å². The van der Waals surface area contributed by atoms with Crippen LogP contribution in [0.3, 0.4) is 0 Å². The zero-order valence-electron chi connectivity index (χ0n) is 10.8. The van der Waals surface area contributed by atoms with E-state index in [0.717, 1.165) is 27.1 Å². The van der Waals surface area contributed by atoms with Crippen molar-refractivity contribution in [3.63, 3.8) is 0 Å². The fourth-order valence-corrected chi connectivity index (χ4v) is 2.54. The van der Waals surface area contributed by atoms with E-state index in [2.05, 4.69) is 11.1 Å². The van der Waals surface area contributed by atoms with Crippen LogP contribution in [0.25, 0.3) is 0 Å². The Bertz CT molecular complexity index is 602. The summed E-state index contributed by atoms with van der Waals surface area (Å²) in [5, 5.41) is 9.58. The van der Waals surface area contributed by atoms with Gasteiger partial charge >= 0.3 is 0 Å². The molecule has 2 aromatic rings. The number of nitriles is 1. The first-order valence-corrected chi connectivity index (χ1v) is 6.63. The fraction of sp³-hybridized carbons (Fsp3) is 0.286. The average Bonchev–Trinajstić information content (AvgIpc) is 2.78. The Balaban J connectivity index is 2.02. The van der Waals surface area contributed by atoms with Crippen molar-refractivity contribution in [3.05, 3.63) is 39.8 Å². The largest absolute Gasteiger partial charge is 0.497 e. The minimum Gasteiger partial charge on any atom is -0.497 e.